The number of hydrogen-bond acceptors (Lipinski definition) is 25. The van der Waals surface area contributed by atoms with Crippen LogP contribution in [-0.2, 0) is 4.74 Å². The lowest BCUT2D eigenvalue weighted by Crippen LogP contribution is -2.50. The second kappa shape index (κ2) is 82.3. The van der Waals surface area contributed by atoms with E-state index < -0.39 is 27.9 Å². The van der Waals surface area contributed by atoms with Crippen LogP contribution >= 0.6 is 0 Å². The summed E-state index contributed by atoms with van der Waals surface area (Å²) in [5.41, 5.74) is -2.51. The van der Waals surface area contributed by atoms with Crippen molar-refractivity contribution in [2.24, 2.45) is 0 Å². The van der Waals surface area contributed by atoms with Gasteiger partial charge in [-0.1, -0.05) is 90.0 Å². The molecule has 0 aliphatic rings. The van der Waals surface area contributed by atoms with Crippen molar-refractivity contribution in [3.63, 3.8) is 0 Å². The van der Waals surface area contributed by atoms with Gasteiger partial charge in [-0.15, -0.1) is 0 Å². The lowest BCUT2D eigenvalue weighted by molar-refractivity contribution is -0.0342. The fourth-order valence-corrected chi connectivity index (χ4v) is 9.59. The molecule has 0 fully saturated rings. The van der Waals surface area contributed by atoms with E-state index in [4.69, 9.17) is 45.6 Å². The Bertz CT molecular complexity index is 1720. The van der Waals surface area contributed by atoms with Crippen LogP contribution in [0.2, 0.25) is 0 Å². The summed E-state index contributed by atoms with van der Waals surface area (Å²) in [7, 11) is 53.6. The van der Waals surface area contributed by atoms with Gasteiger partial charge < -0.3 is 120 Å². The van der Waals surface area contributed by atoms with Crippen molar-refractivity contribution in [2.75, 3.05) is 276 Å². The first kappa shape index (κ1) is 140. The maximum absolute atomic E-state index is 9.76. The van der Waals surface area contributed by atoms with E-state index in [0.29, 0.717) is 31.1 Å². The highest BCUT2D eigenvalue weighted by atomic mass is 16.5. The summed E-state index contributed by atoms with van der Waals surface area (Å²) < 4.78 is 4.87. The summed E-state index contributed by atoms with van der Waals surface area (Å²) in [6.07, 6.45) is 13.8. The number of aliphatic hydroxyl groups is 11. The number of aliphatic hydroxyl groups excluding tert-OH is 7. The molecule has 0 saturated carbocycles. The summed E-state index contributed by atoms with van der Waals surface area (Å²) in [5.74, 6) is 0. The molecule has 0 aromatic carbocycles. The Morgan fingerprint density at radius 3 is 0.732 bits per heavy atom. The van der Waals surface area contributed by atoms with Crippen molar-refractivity contribution in [1.82, 2.24) is 63.7 Å². The number of ether oxygens (including phenoxy) is 1. The molecule has 0 bridgehead atoms. The van der Waals surface area contributed by atoms with E-state index in [2.05, 4.69) is 157 Å². The third-order valence-corrected chi connectivity index (χ3v) is 20.8. The van der Waals surface area contributed by atoms with Gasteiger partial charge in [-0.25, -0.2) is 0 Å². The smallest absolute Gasteiger partial charge is 0.1000 e. The molecule has 0 aromatic heterocycles. The normalized spacial score (nSPS) is 14.1. The largest absolute Gasteiger partial charge is 0.395 e. The zero-order valence-corrected chi connectivity index (χ0v) is 84.5. The van der Waals surface area contributed by atoms with Crippen molar-refractivity contribution >= 4 is 0 Å². The van der Waals surface area contributed by atoms with E-state index in [9.17, 15) is 15.3 Å². The topological polar surface area (TPSA) is 274 Å². The summed E-state index contributed by atoms with van der Waals surface area (Å²) in [4.78, 5) is 26.7. The van der Waals surface area contributed by atoms with Gasteiger partial charge in [0.1, 0.15) is 0 Å². The van der Waals surface area contributed by atoms with Crippen LogP contribution in [0.3, 0.4) is 0 Å². The van der Waals surface area contributed by atoms with E-state index in [1.54, 1.807) is 27.9 Å². The summed E-state index contributed by atoms with van der Waals surface area (Å²) >= 11 is 0. The summed E-state index contributed by atoms with van der Waals surface area (Å²) in [5, 5.41) is 99.9. The van der Waals surface area contributed by atoms with E-state index in [0.717, 1.165) is 103 Å². The minimum absolute atomic E-state index is 0.00694. The molecule has 25 heteroatoms. The molecule has 0 spiro atoms. The molecule has 25 nitrogen and oxygen atoms in total. The average molecular weight is 1630 g/mol. The molecule has 0 aliphatic carbocycles. The van der Waals surface area contributed by atoms with E-state index in [1.807, 2.05) is 215 Å². The number of methoxy groups -OCH3 is 1. The Kier molecular flexibility index (Phi) is 103. The second-order valence-electron chi connectivity index (χ2n) is 35.1. The molecule has 0 heterocycles. The maximum atomic E-state index is 9.76. The van der Waals surface area contributed by atoms with Crippen molar-refractivity contribution in [2.45, 2.75) is 304 Å². The summed E-state index contributed by atoms with van der Waals surface area (Å²) in [6, 6.07) is 1.87. The quantitative estimate of drug-likeness (QED) is 0.0256. The predicted molar refractivity (Wildman–Crippen MR) is 493 cm³/mol. The minimum Gasteiger partial charge on any atom is -0.395 e. The molecule has 6 atom stereocenters. The molecule has 6 unspecified atom stereocenters. The highest BCUT2D eigenvalue weighted by molar-refractivity contribution is 4.86. The average Bonchev–Trinajstić information content (AvgIpc) is 0.875. The lowest BCUT2D eigenvalue weighted by Gasteiger charge is -2.36. The van der Waals surface area contributed by atoms with Crippen LogP contribution in [0.25, 0.3) is 0 Å². The molecule has 0 radical (unpaired) electrons. The van der Waals surface area contributed by atoms with Gasteiger partial charge in [-0.05, 0) is 335 Å². The highest BCUT2D eigenvalue weighted by Gasteiger charge is 2.30. The van der Waals surface area contributed by atoms with Gasteiger partial charge in [0.05, 0.1) is 73.7 Å². The Hall–Kier alpha value is -1.00. The monoisotopic (exact) mass is 1630 g/mol. The first-order chi connectivity index (χ1) is 50.8. The highest BCUT2D eigenvalue weighted by Crippen LogP contribution is 2.21. The van der Waals surface area contributed by atoms with Crippen LogP contribution in [0.1, 0.15) is 235 Å². The van der Waals surface area contributed by atoms with Gasteiger partial charge in [-0.2, -0.15) is 0 Å². The zero-order chi connectivity index (χ0) is 92.6. The van der Waals surface area contributed by atoms with Gasteiger partial charge in [0, 0.05) is 81.2 Å². The Balaban J connectivity index is -0.0000000863. The predicted octanol–water partition coefficient (Wildman–Crippen LogP) is 8.95. The van der Waals surface area contributed by atoms with Gasteiger partial charge in [0.25, 0.3) is 0 Å². The fraction of sp³-hybridized carbons (Fsp3) is 1.00. The van der Waals surface area contributed by atoms with Crippen molar-refractivity contribution in [1.29, 1.82) is 0 Å². The molecular weight excluding hydrogens is 1420 g/mol. The molecule has 0 amide bonds. The van der Waals surface area contributed by atoms with Gasteiger partial charge >= 0.3 is 0 Å². The van der Waals surface area contributed by atoms with Crippen LogP contribution in [-0.4, -0.2) is 465 Å². The molecule has 112 heavy (non-hydrogen) atoms. The van der Waals surface area contributed by atoms with Gasteiger partial charge in [-0.3, -0.25) is 4.90 Å². The third kappa shape index (κ3) is 94.5. The first-order valence-electron chi connectivity index (χ1n) is 42.1. The van der Waals surface area contributed by atoms with Crippen LogP contribution in [0.4, 0.5) is 0 Å². The van der Waals surface area contributed by atoms with E-state index in [-0.39, 0.29) is 56.8 Å². The molecule has 0 aromatic rings. The number of hydrogen-bond donors (Lipinski definition) is 11. The second-order valence-corrected chi connectivity index (χ2v) is 35.1. The van der Waals surface area contributed by atoms with Crippen LogP contribution in [0.15, 0.2) is 0 Å². The van der Waals surface area contributed by atoms with E-state index in [1.165, 1.54) is 25.7 Å². The molecule has 0 rings (SSSR count). The Labute approximate surface area is 701 Å². The van der Waals surface area contributed by atoms with Gasteiger partial charge in [0.2, 0.25) is 0 Å². The van der Waals surface area contributed by atoms with Crippen LogP contribution in [0.5, 0.6) is 0 Å². The zero-order valence-electron chi connectivity index (χ0n) is 84.5. The van der Waals surface area contributed by atoms with Crippen molar-refractivity contribution in [3.05, 3.63) is 0 Å². The lowest BCUT2D eigenvalue weighted by atomic mass is 9.93. The van der Waals surface area contributed by atoms with Gasteiger partial charge in [0.15, 0.2) is 0 Å². The summed E-state index contributed by atoms with van der Waals surface area (Å²) in [6.45, 7) is 49.1. The Morgan fingerprint density at radius 2 is 0.679 bits per heavy atom. The third-order valence-electron chi connectivity index (χ3n) is 20.8. The number of likely N-dealkylation sites (N-methyl/N-ethyl adjacent to an activating group) is 9. The molecule has 0 aliphatic heterocycles. The Morgan fingerprint density at radius 1 is 0.330 bits per heavy atom. The molecule has 11 N–H and O–H groups in total. The van der Waals surface area contributed by atoms with Crippen LogP contribution in [0, 0.1) is 0 Å². The SMILES string of the molecule is CC(O)CN(C)C.CCC(C)(C)N(C)C.CCC(C)(CO)N(C)C.CCC(C)(O)CN(C)C.CCC(C)N(C)C.CCC(CC)(CO)N(C)C.CCC(CC)N(C)C.CCC(CO)(CO)N(C)C.CCC(CO)N(C)C.CCC(O)(CC)CN(C)C.CCC(O)(CO)CN(C)C.CN(C)CC(C)(C)O.COCCCN(C)C. The van der Waals surface area contributed by atoms with E-state index >= 15 is 0 Å². The van der Waals surface area contributed by atoms with Crippen molar-refractivity contribution in [3.8, 4) is 0 Å². The maximum Gasteiger partial charge on any atom is 0.1000 e. The fourth-order valence-electron chi connectivity index (χ4n) is 9.59. The number of rotatable bonds is 40. The minimum atomic E-state index is -0.913. The van der Waals surface area contributed by atoms with Crippen LogP contribution < -0.4 is 0 Å². The molecule has 698 valence electrons. The first-order valence-corrected chi connectivity index (χ1v) is 42.1. The van der Waals surface area contributed by atoms with Crippen molar-refractivity contribution < 1.29 is 60.9 Å². The number of nitrogens with zero attached hydrogens (tertiary/aromatic N) is 13. The molecule has 0 saturated heterocycles. The molecular formula is C87H213N13O12. The standard InChI is InChI=1S/2C8H19NO.2C7H17NO2.2C7H17NO.2C7H17N.3C6H15NO.C6H15N.C5H13NO/c1-5-8(6-2,7-10)9(3)4;1-5-8(10,6-2)7-9(3)4;1-4-7(5-9,6-10)8(2)3;1-4-7(10,6-9)5-8(2)3;1-5-7(2,6-9)8(3)4;1-5-7(2,9)6-8(3)4;1-6-7(2,3)8(4)5;1-5-7(6-2)8(3)4;1-6(2,8)5-7(3)4;1-7(2)5-4-6-8-3;1-4-6(5-8)7(2)3;1-5-6(2)7(3)4;1-5(7)4-6(2)3/h2*10H,5-7H2,1-4H3;2*9-10H,4-6H2,1-3H3;2*9H,5-6H2,1-4H3;6H2,1-5H3;7H,5-6H2,1-4H3;8H,5H2,1-4H3;4-6H2,1-3H3;6,8H,4-5H2,1-3H3;6H,5H2,1-4H3;5,7H,4H2,1-3H3.